The number of hydrogen-bond donors (Lipinski definition) is 0. The minimum atomic E-state index is -0.896. The van der Waals surface area contributed by atoms with Gasteiger partial charge in [0.1, 0.15) is 5.75 Å². The molecule has 1 aromatic rings. The summed E-state index contributed by atoms with van der Waals surface area (Å²) in [6.07, 6.45) is 0. The molecular weight excluding hydrogens is 254 g/mol. The quantitative estimate of drug-likeness (QED) is 0.756. The Balaban J connectivity index is 2.82. The second-order valence-electron chi connectivity index (χ2n) is 3.40. The molecule has 1 rings (SSSR count). The fourth-order valence-electron chi connectivity index (χ4n) is 0.871. The molecule has 1 aromatic carbocycles. The molecule has 0 spiro atoms. The molecular formula is C10H11BrF2O. The average Bonchev–Trinajstić information content (AvgIpc) is 2.09. The lowest BCUT2D eigenvalue weighted by Crippen LogP contribution is -2.05. The molecule has 0 aliphatic rings. The highest BCUT2D eigenvalue weighted by molar-refractivity contribution is 9.10. The van der Waals surface area contributed by atoms with E-state index in [1.54, 1.807) is 0 Å². The third kappa shape index (κ3) is 2.94. The Labute approximate surface area is 90.2 Å². The maximum atomic E-state index is 12.8. The fourth-order valence-corrected chi connectivity index (χ4v) is 1.30. The van der Waals surface area contributed by atoms with Gasteiger partial charge in [-0.25, -0.2) is 8.78 Å². The highest BCUT2D eigenvalue weighted by atomic mass is 79.9. The Kier molecular flexibility index (Phi) is 3.86. The molecule has 78 valence electrons. The third-order valence-corrected chi connectivity index (χ3v) is 2.17. The first-order valence-electron chi connectivity index (χ1n) is 4.28. The first kappa shape index (κ1) is 11.4. The van der Waals surface area contributed by atoms with E-state index in [0.717, 1.165) is 12.1 Å². The van der Waals surface area contributed by atoms with E-state index in [-0.39, 0.29) is 0 Å². The zero-order valence-corrected chi connectivity index (χ0v) is 9.57. The lowest BCUT2D eigenvalue weighted by atomic mass is 10.2. The van der Waals surface area contributed by atoms with E-state index in [1.165, 1.54) is 0 Å². The fraction of sp³-hybridized carbons (Fsp3) is 0.400. The van der Waals surface area contributed by atoms with Crippen LogP contribution >= 0.6 is 15.9 Å². The Bertz CT molecular complexity index is 326. The molecule has 14 heavy (non-hydrogen) atoms. The van der Waals surface area contributed by atoms with Gasteiger partial charge in [-0.1, -0.05) is 13.8 Å². The van der Waals surface area contributed by atoms with E-state index in [2.05, 4.69) is 15.9 Å². The van der Waals surface area contributed by atoms with Gasteiger partial charge in [0, 0.05) is 6.07 Å². The van der Waals surface area contributed by atoms with E-state index in [4.69, 9.17) is 4.74 Å². The molecule has 0 saturated heterocycles. The third-order valence-electron chi connectivity index (χ3n) is 1.55. The van der Waals surface area contributed by atoms with Crippen LogP contribution in [0.3, 0.4) is 0 Å². The SMILES string of the molecule is CC(C)COc1cc(F)c(F)cc1Br. The largest absolute Gasteiger partial charge is 0.492 e. The molecule has 0 aliphatic carbocycles. The maximum absolute atomic E-state index is 12.8. The predicted molar refractivity (Wildman–Crippen MR) is 54.4 cm³/mol. The van der Waals surface area contributed by atoms with Crippen LogP contribution in [0.25, 0.3) is 0 Å². The van der Waals surface area contributed by atoms with Gasteiger partial charge in [-0.15, -0.1) is 0 Å². The minimum absolute atomic E-state index is 0.331. The summed E-state index contributed by atoms with van der Waals surface area (Å²) in [5.41, 5.74) is 0. The minimum Gasteiger partial charge on any atom is -0.492 e. The van der Waals surface area contributed by atoms with Gasteiger partial charge in [-0.2, -0.15) is 0 Å². The van der Waals surface area contributed by atoms with Crippen LogP contribution in [0.5, 0.6) is 5.75 Å². The molecule has 0 amide bonds. The Morgan fingerprint density at radius 2 is 1.86 bits per heavy atom. The van der Waals surface area contributed by atoms with E-state index in [9.17, 15) is 8.78 Å². The summed E-state index contributed by atoms with van der Waals surface area (Å²) in [6.45, 7) is 4.44. The van der Waals surface area contributed by atoms with Crippen LogP contribution in [0.4, 0.5) is 8.78 Å². The first-order valence-corrected chi connectivity index (χ1v) is 5.07. The molecule has 0 bridgehead atoms. The Morgan fingerprint density at radius 1 is 1.29 bits per heavy atom. The summed E-state index contributed by atoms with van der Waals surface area (Å²) in [4.78, 5) is 0. The Morgan fingerprint density at radius 3 is 2.43 bits per heavy atom. The standard InChI is InChI=1S/C10H11BrF2O/c1-6(2)5-14-10-4-9(13)8(12)3-7(10)11/h3-4,6H,5H2,1-2H3. The van der Waals surface area contributed by atoms with E-state index in [0.29, 0.717) is 22.7 Å². The number of rotatable bonds is 3. The molecule has 0 aliphatic heterocycles. The molecule has 0 radical (unpaired) electrons. The van der Waals surface area contributed by atoms with Crippen LogP contribution < -0.4 is 4.74 Å². The van der Waals surface area contributed by atoms with Crippen molar-refractivity contribution in [2.45, 2.75) is 13.8 Å². The zero-order valence-electron chi connectivity index (χ0n) is 7.98. The van der Waals surface area contributed by atoms with Gasteiger partial charge in [0.05, 0.1) is 11.1 Å². The Hall–Kier alpha value is -0.640. The highest BCUT2D eigenvalue weighted by Crippen LogP contribution is 2.27. The van der Waals surface area contributed by atoms with Crippen LogP contribution in [0, 0.1) is 17.6 Å². The van der Waals surface area contributed by atoms with Crippen molar-refractivity contribution in [3.05, 3.63) is 28.2 Å². The van der Waals surface area contributed by atoms with Crippen molar-refractivity contribution in [2.24, 2.45) is 5.92 Å². The lowest BCUT2D eigenvalue weighted by molar-refractivity contribution is 0.267. The first-order chi connectivity index (χ1) is 6.50. The summed E-state index contributed by atoms with van der Waals surface area (Å²) in [6, 6.07) is 2.10. The van der Waals surface area contributed by atoms with Gasteiger partial charge in [-0.3, -0.25) is 0 Å². The molecule has 0 N–H and O–H groups in total. The van der Waals surface area contributed by atoms with E-state index >= 15 is 0 Å². The molecule has 0 heterocycles. The molecule has 1 nitrogen and oxygen atoms in total. The van der Waals surface area contributed by atoms with E-state index < -0.39 is 11.6 Å². The van der Waals surface area contributed by atoms with Crippen molar-refractivity contribution in [1.29, 1.82) is 0 Å². The van der Waals surface area contributed by atoms with Crippen LogP contribution in [0.1, 0.15) is 13.8 Å². The van der Waals surface area contributed by atoms with Gasteiger partial charge in [0.15, 0.2) is 11.6 Å². The van der Waals surface area contributed by atoms with Crippen molar-refractivity contribution in [2.75, 3.05) is 6.61 Å². The van der Waals surface area contributed by atoms with Crippen molar-refractivity contribution >= 4 is 15.9 Å². The van der Waals surface area contributed by atoms with Gasteiger partial charge >= 0.3 is 0 Å². The van der Waals surface area contributed by atoms with E-state index in [1.807, 2.05) is 13.8 Å². The maximum Gasteiger partial charge on any atom is 0.162 e. The molecule has 0 atom stereocenters. The predicted octanol–water partition coefficient (Wildman–Crippen LogP) is 3.76. The zero-order chi connectivity index (χ0) is 10.7. The second-order valence-corrected chi connectivity index (χ2v) is 4.26. The summed E-state index contributed by atoms with van der Waals surface area (Å²) in [7, 11) is 0. The van der Waals surface area contributed by atoms with Crippen LogP contribution in [-0.2, 0) is 0 Å². The molecule has 0 aromatic heterocycles. The van der Waals surface area contributed by atoms with Gasteiger partial charge < -0.3 is 4.74 Å². The normalized spacial score (nSPS) is 10.7. The van der Waals surface area contributed by atoms with Crippen molar-refractivity contribution in [3.8, 4) is 5.75 Å². The summed E-state index contributed by atoms with van der Waals surface area (Å²) >= 11 is 3.10. The molecule has 4 heteroatoms. The summed E-state index contributed by atoms with van der Waals surface area (Å²) in [5, 5.41) is 0. The van der Waals surface area contributed by atoms with Gasteiger partial charge in [0.25, 0.3) is 0 Å². The molecule has 0 saturated carbocycles. The second kappa shape index (κ2) is 4.73. The average molecular weight is 265 g/mol. The van der Waals surface area contributed by atoms with Crippen LogP contribution in [-0.4, -0.2) is 6.61 Å². The topological polar surface area (TPSA) is 9.23 Å². The number of benzene rings is 1. The van der Waals surface area contributed by atoms with Crippen LogP contribution in [0.2, 0.25) is 0 Å². The number of halogens is 3. The number of ether oxygens (including phenoxy) is 1. The van der Waals surface area contributed by atoms with Gasteiger partial charge in [-0.05, 0) is 27.9 Å². The van der Waals surface area contributed by atoms with Crippen molar-refractivity contribution in [3.63, 3.8) is 0 Å². The lowest BCUT2D eigenvalue weighted by Gasteiger charge is -2.10. The van der Waals surface area contributed by atoms with Gasteiger partial charge in [0.2, 0.25) is 0 Å². The monoisotopic (exact) mass is 264 g/mol. The molecule has 0 fully saturated rings. The van der Waals surface area contributed by atoms with Crippen molar-refractivity contribution in [1.82, 2.24) is 0 Å². The number of hydrogen-bond acceptors (Lipinski definition) is 1. The van der Waals surface area contributed by atoms with Crippen molar-refractivity contribution < 1.29 is 13.5 Å². The highest BCUT2D eigenvalue weighted by Gasteiger charge is 2.09. The molecule has 0 unspecified atom stereocenters. The smallest absolute Gasteiger partial charge is 0.162 e. The van der Waals surface area contributed by atoms with Crippen LogP contribution in [0.15, 0.2) is 16.6 Å². The summed E-state index contributed by atoms with van der Waals surface area (Å²) < 4.78 is 31.2. The summed E-state index contributed by atoms with van der Waals surface area (Å²) in [5.74, 6) is -1.10.